The van der Waals surface area contributed by atoms with Crippen LogP contribution in [0.25, 0.3) is 0 Å². The molecule has 0 saturated heterocycles. The Morgan fingerprint density at radius 3 is 2.66 bits per heavy atom. The second kappa shape index (κ2) is 7.50. The van der Waals surface area contributed by atoms with Gasteiger partial charge in [-0.25, -0.2) is 0 Å². The zero-order chi connectivity index (χ0) is 20.7. The van der Waals surface area contributed by atoms with E-state index in [0.717, 1.165) is 10.0 Å². The first-order chi connectivity index (χ1) is 13.8. The summed E-state index contributed by atoms with van der Waals surface area (Å²) in [5.41, 5.74) is 3.21. The standard InChI is InChI=1S/C21H15BrClN3O3/c1-12-3-2-4-15(9-12)25-20(13-5-7-17(23)19(10-13)26(28)29)24-18-8-6-14(22)11-16(18)21(25)27/h2-11,20,24H,1H3. The lowest BCUT2D eigenvalue weighted by Crippen LogP contribution is -2.43. The molecule has 3 aromatic rings. The fraction of sp³-hybridized carbons (Fsp3) is 0.0952. The number of benzene rings is 3. The van der Waals surface area contributed by atoms with Gasteiger partial charge in [0.25, 0.3) is 11.6 Å². The Bertz CT molecular complexity index is 1150. The normalized spacial score (nSPS) is 15.6. The van der Waals surface area contributed by atoms with Crippen LogP contribution in [-0.4, -0.2) is 10.8 Å². The van der Waals surface area contributed by atoms with Crippen molar-refractivity contribution in [2.75, 3.05) is 10.2 Å². The number of hydrogen-bond acceptors (Lipinski definition) is 4. The third-order valence-corrected chi connectivity index (χ3v) is 5.56. The quantitative estimate of drug-likeness (QED) is 0.370. The molecule has 0 bridgehead atoms. The van der Waals surface area contributed by atoms with E-state index in [0.29, 0.717) is 22.5 Å². The molecule has 146 valence electrons. The Morgan fingerprint density at radius 2 is 1.93 bits per heavy atom. The second-order valence-electron chi connectivity index (χ2n) is 6.72. The van der Waals surface area contributed by atoms with Gasteiger partial charge in [-0.2, -0.15) is 0 Å². The number of halogens is 2. The molecule has 1 aliphatic heterocycles. The highest BCUT2D eigenvalue weighted by molar-refractivity contribution is 9.10. The summed E-state index contributed by atoms with van der Waals surface area (Å²) in [4.78, 5) is 25.9. The van der Waals surface area contributed by atoms with Crippen LogP contribution in [0.4, 0.5) is 17.1 Å². The summed E-state index contributed by atoms with van der Waals surface area (Å²) < 4.78 is 0.788. The zero-order valence-corrected chi connectivity index (χ0v) is 17.6. The SMILES string of the molecule is Cc1cccc(N2C(=O)c3cc(Br)ccc3NC2c2ccc(Cl)c([N+](=O)[O-])c2)c1. The molecule has 1 aliphatic rings. The highest BCUT2D eigenvalue weighted by Gasteiger charge is 2.35. The van der Waals surface area contributed by atoms with Crippen molar-refractivity contribution in [2.45, 2.75) is 13.1 Å². The second-order valence-corrected chi connectivity index (χ2v) is 8.04. The zero-order valence-electron chi connectivity index (χ0n) is 15.2. The summed E-state index contributed by atoms with van der Waals surface area (Å²) in [6, 6.07) is 17.5. The highest BCUT2D eigenvalue weighted by atomic mass is 79.9. The van der Waals surface area contributed by atoms with Gasteiger partial charge in [-0.3, -0.25) is 19.8 Å². The van der Waals surface area contributed by atoms with Gasteiger partial charge in [0.1, 0.15) is 11.2 Å². The van der Waals surface area contributed by atoms with Crippen LogP contribution in [0.15, 0.2) is 65.1 Å². The van der Waals surface area contributed by atoms with Crippen molar-refractivity contribution < 1.29 is 9.72 Å². The van der Waals surface area contributed by atoms with Crippen LogP contribution in [0, 0.1) is 17.0 Å². The first-order valence-corrected chi connectivity index (χ1v) is 9.92. The average molecular weight is 473 g/mol. The van der Waals surface area contributed by atoms with E-state index in [1.54, 1.807) is 17.0 Å². The van der Waals surface area contributed by atoms with Crippen molar-refractivity contribution in [1.82, 2.24) is 0 Å². The molecule has 4 rings (SSSR count). The molecule has 0 saturated carbocycles. The Hall–Kier alpha value is -2.90. The van der Waals surface area contributed by atoms with Crippen molar-refractivity contribution in [3.05, 3.63) is 97.0 Å². The average Bonchev–Trinajstić information content (AvgIpc) is 2.68. The fourth-order valence-electron chi connectivity index (χ4n) is 3.39. The van der Waals surface area contributed by atoms with Gasteiger partial charge in [-0.1, -0.05) is 45.7 Å². The van der Waals surface area contributed by atoms with E-state index in [-0.39, 0.29) is 16.6 Å². The molecule has 0 radical (unpaired) electrons. The molecule has 6 nitrogen and oxygen atoms in total. The monoisotopic (exact) mass is 471 g/mol. The third-order valence-electron chi connectivity index (χ3n) is 4.74. The van der Waals surface area contributed by atoms with E-state index in [2.05, 4.69) is 21.2 Å². The minimum absolute atomic E-state index is 0.0484. The number of nitrogens with zero attached hydrogens (tertiary/aromatic N) is 2. The summed E-state index contributed by atoms with van der Waals surface area (Å²) >= 11 is 9.39. The molecule has 8 heteroatoms. The summed E-state index contributed by atoms with van der Waals surface area (Å²) in [6.07, 6.45) is -0.631. The van der Waals surface area contributed by atoms with E-state index < -0.39 is 11.1 Å². The van der Waals surface area contributed by atoms with Gasteiger partial charge in [0.15, 0.2) is 0 Å². The van der Waals surface area contributed by atoms with Gasteiger partial charge >= 0.3 is 0 Å². The van der Waals surface area contributed by atoms with Crippen LogP contribution >= 0.6 is 27.5 Å². The van der Waals surface area contributed by atoms with Gasteiger partial charge in [-0.05, 0) is 48.9 Å². The molecule has 1 N–H and O–H groups in total. The molecule has 1 amide bonds. The van der Waals surface area contributed by atoms with Crippen molar-refractivity contribution >= 4 is 50.5 Å². The molecule has 0 aliphatic carbocycles. The molecule has 1 atom stereocenters. The van der Waals surface area contributed by atoms with Crippen molar-refractivity contribution in [3.63, 3.8) is 0 Å². The van der Waals surface area contributed by atoms with E-state index in [1.807, 2.05) is 43.3 Å². The maximum absolute atomic E-state index is 13.5. The van der Waals surface area contributed by atoms with E-state index in [1.165, 1.54) is 12.1 Å². The molecular weight excluding hydrogens is 458 g/mol. The lowest BCUT2D eigenvalue weighted by molar-refractivity contribution is -0.384. The van der Waals surface area contributed by atoms with E-state index >= 15 is 0 Å². The predicted octanol–water partition coefficient (Wildman–Crippen LogP) is 6.09. The van der Waals surface area contributed by atoms with E-state index in [9.17, 15) is 14.9 Å². The minimum Gasteiger partial charge on any atom is -0.360 e. The maximum atomic E-state index is 13.5. The number of carbonyl (C=O) groups excluding carboxylic acids is 1. The van der Waals surface area contributed by atoms with Gasteiger partial charge in [0.05, 0.1) is 10.5 Å². The molecule has 29 heavy (non-hydrogen) atoms. The van der Waals surface area contributed by atoms with Gasteiger partial charge < -0.3 is 5.32 Å². The predicted molar refractivity (Wildman–Crippen MR) is 117 cm³/mol. The number of nitro groups is 1. The van der Waals surface area contributed by atoms with Crippen LogP contribution in [-0.2, 0) is 0 Å². The van der Waals surface area contributed by atoms with Gasteiger partial charge in [0.2, 0.25) is 0 Å². The summed E-state index contributed by atoms with van der Waals surface area (Å²) in [5, 5.41) is 14.8. The number of amides is 1. The Balaban J connectivity index is 1.90. The number of aryl methyl sites for hydroxylation is 1. The number of anilines is 2. The smallest absolute Gasteiger partial charge is 0.288 e. The Labute approximate surface area is 180 Å². The number of rotatable bonds is 3. The van der Waals surface area contributed by atoms with Gasteiger partial charge in [-0.15, -0.1) is 0 Å². The molecule has 3 aromatic carbocycles. The number of hydrogen-bond donors (Lipinski definition) is 1. The lowest BCUT2D eigenvalue weighted by atomic mass is 10.0. The molecule has 0 spiro atoms. The molecule has 1 unspecified atom stereocenters. The summed E-state index contributed by atoms with van der Waals surface area (Å²) in [5.74, 6) is -0.201. The van der Waals surface area contributed by atoms with Gasteiger partial charge in [0, 0.05) is 27.5 Å². The van der Waals surface area contributed by atoms with Crippen LogP contribution in [0.1, 0.15) is 27.7 Å². The third kappa shape index (κ3) is 3.59. The number of nitrogens with one attached hydrogen (secondary N) is 1. The van der Waals surface area contributed by atoms with Crippen LogP contribution < -0.4 is 10.2 Å². The number of carbonyl (C=O) groups is 1. The Kier molecular flexibility index (Phi) is 5.02. The lowest BCUT2D eigenvalue weighted by Gasteiger charge is -2.38. The number of fused-ring (bicyclic) bond motifs is 1. The van der Waals surface area contributed by atoms with Crippen LogP contribution in [0.5, 0.6) is 0 Å². The van der Waals surface area contributed by atoms with Crippen molar-refractivity contribution in [3.8, 4) is 0 Å². The molecular formula is C21H15BrClN3O3. The number of nitro benzene ring substituents is 1. The van der Waals surface area contributed by atoms with Crippen LogP contribution in [0.3, 0.4) is 0 Å². The molecule has 0 aromatic heterocycles. The largest absolute Gasteiger partial charge is 0.360 e. The Morgan fingerprint density at radius 1 is 1.14 bits per heavy atom. The van der Waals surface area contributed by atoms with Crippen molar-refractivity contribution in [1.29, 1.82) is 0 Å². The summed E-state index contributed by atoms with van der Waals surface area (Å²) in [6.45, 7) is 1.94. The first-order valence-electron chi connectivity index (χ1n) is 8.75. The fourth-order valence-corrected chi connectivity index (χ4v) is 3.94. The molecule has 0 fully saturated rings. The first kappa shape index (κ1) is 19.4. The van der Waals surface area contributed by atoms with E-state index in [4.69, 9.17) is 11.6 Å². The van der Waals surface area contributed by atoms with Crippen LogP contribution in [0.2, 0.25) is 5.02 Å². The van der Waals surface area contributed by atoms with Crippen molar-refractivity contribution in [2.24, 2.45) is 0 Å². The summed E-state index contributed by atoms with van der Waals surface area (Å²) in [7, 11) is 0. The topological polar surface area (TPSA) is 75.5 Å². The highest BCUT2D eigenvalue weighted by Crippen LogP contribution is 2.39. The maximum Gasteiger partial charge on any atom is 0.288 e. The minimum atomic E-state index is -0.631. The molecule has 1 heterocycles.